The van der Waals surface area contributed by atoms with Gasteiger partial charge in [-0.1, -0.05) is 19.1 Å². The number of nitrogens with zero attached hydrogens (tertiary/aromatic N) is 3. The Bertz CT molecular complexity index is 754. The van der Waals surface area contributed by atoms with Crippen molar-refractivity contribution in [2.24, 2.45) is 0 Å². The summed E-state index contributed by atoms with van der Waals surface area (Å²) in [6.45, 7) is 6.56. The van der Waals surface area contributed by atoms with Gasteiger partial charge in [-0.15, -0.1) is 0 Å². The number of aryl methyl sites for hydroxylation is 1. The molecule has 0 saturated heterocycles. The molecule has 0 amide bonds. The van der Waals surface area contributed by atoms with Gasteiger partial charge in [0.25, 0.3) is 0 Å². The van der Waals surface area contributed by atoms with Crippen LogP contribution < -0.4 is 0 Å². The summed E-state index contributed by atoms with van der Waals surface area (Å²) in [4.78, 5) is 11.8. The van der Waals surface area contributed by atoms with Crippen LogP contribution in [-0.4, -0.2) is 22.9 Å². The van der Waals surface area contributed by atoms with E-state index in [1.165, 1.54) is 12.7 Å². The van der Waals surface area contributed by atoms with Crippen molar-refractivity contribution >= 4 is 5.97 Å². The number of hydrogen-bond acceptors (Lipinski definition) is 4. The Labute approximate surface area is 130 Å². The summed E-state index contributed by atoms with van der Waals surface area (Å²) in [5.41, 5.74) is 4.72. The van der Waals surface area contributed by atoms with Gasteiger partial charge in [-0.05, 0) is 37.5 Å². The summed E-state index contributed by atoms with van der Waals surface area (Å²) in [5.74, 6) is -0.499. The quantitative estimate of drug-likeness (QED) is 0.814. The second kappa shape index (κ2) is 6.44. The van der Waals surface area contributed by atoms with Crippen LogP contribution in [0.2, 0.25) is 0 Å². The van der Waals surface area contributed by atoms with Crippen molar-refractivity contribution in [3.05, 3.63) is 51.8 Å². The molecular formula is C17H19N3O2. The second-order valence-corrected chi connectivity index (χ2v) is 5.10. The summed E-state index contributed by atoms with van der Waals surface area (Å²) < 4.78 is 6.62. The standard InChI is InChI=1S/C17H19N3O2/c1-5-14-11(2)19-20(12(14)3)10-13-7-6-8-15(16(13)9-18)17(21)22-4/h6-8H,5,10H2,1-4H3. The molecule has 0 spiro atoms. The molecule has 2 aromatic rings. The molecule has 0 fully saturated rings. The van der Waals surface area contributed by atoms with E-state index >= 15 is 0 Å². The van der Waals surface area contributed by atoms with Crippen LogP contribution in [0.25, 0.3) is 0 Å². The van der Waals surface area contributed by atoms with Crippen LogP contribution in [0.4, 0.5) is 0 Å². The minimum Gasteiger partial charge on any atom is -0.465 e. The highest BCUT2D eigenvalue weighted by molar-refractivity contribution is 5.92. The molecule has 22 heavy (non-hydrogen) atoms. The molecule has 5 heteroatoms. The van der Waals surface area contributed by atoms with E-state index in [2.05, 4.69) is 18.1 Å². The van der Waals surface area contributed by atoms with Gasteiger partial charge in [-0.3, -0.25) is 4.68 Å². The first kappa shape index (κ1) is 15.8. The van der Waals surface area contributed by atoms with Crippen LogP contribution in [0.3, 0.4) is 0 Å². The zero-order chi connectivity index (χ0) is 16.3. The zero-order valence-electron chi connectivity index (χ0n) is 13.3. The van der Waals surface area contributed by atoms with E-state index < -0.39 is 5.97 Å². The van der Waals surface area contributed by atoms with Crippen molar-refractivity contribution in [2.75, 3.05) is 7.11 Å². The van der Waals surface area contributed by atoms with Gasteiger partial charge in [-0.2, -0.15) is 10.4 Å². The Balaban J connectivity index is 2.47. The van der Waals surface area contributed by atoms with E-state index in [9.17, 15) is 10.1 Å². The number of carbonyl (C=O) groups excluding carboxylic acids is 1. The molecule has 0 aliphatic carbocycles. The average molecular weight is 297 g/mol. The summed E-state index contributed by atoms with van der Waals surface area (Å²) in [6, 6.07) is 7.32. The third-order valence-electron chi connectivity index (χ3n) is 3.87. The number of aromatic nitrogens is 2. The molecule has 0 aliphatic heterocycles. The van der Waals surface area contributed by atoms with Crippen molar-refractivity contribution in [3.63, 3.8) is 0 Å². The van der Waals surface area contributed by atoms with Crippen molar-refractivity contribution in [3.8, 4) is 6.07 Å². The molecule has 0 N–H and O–H groups in total. The summed E-state index contributed by atoms with van der Waals surface area (Å²) in [7, 11) is 1.31. The molecule has 1 aromatic heterocycles. The van der Waals surface area contributed by atoms with Gasteiger partial charge in [-0.25, -0.2) is 4.79 Å². The second-order valence-electron chi connectivity index (χ2n) is 5.10. The SMILES string of the molecule is CCc1c(C)nn(Cc2cccc(C(=O)OC)c2C#N)c1C. The smallest absolute Gasteiger partial charge is 0.339 e. The molecule has 114 valence electrons. The predicted octanol–water partition coefficient (Wildman–Crippen LogP) is 2.77. The van der Waals surface area contributed by atoms with E-state index in [4.69, 9.17) is 4.74 Å². The first-order valence-corrected chi connectivity index (χ1v) is 7.16. The Morgan fingerprint density at radius 2 is 2.14 bits per heavy atom. The molecular weight excluding hydrogens is 278 g/mol. The maximum absolute atomic E-state index is 11.8. The minimum atomic E-state index is -0.499. The van der Waals surface area contributed by atoms with E-state index in [-0.39, 0.29) is 0 Å². The number of rotatable bonds is 4. The first-order chi connectivity index (χ1) is 10.5. The fraction of sp³-hybridized carbons (Fsp3) is 0.353. The van der Waals surface area contributed by atoms with Gasteiger partial charge in [0, 0.05) is 5.69 Å². The lowest BCUT2D eigenvalue weighted by Gasteiger charge is -2.10. The maximum Gasteiger partial charge on any atom is 0.339 e. The van der Waals surface area contributed by atoms with Gasteiger partial charge in [0.15, 0.2) is 0 Å². The van der Waals surface area contributed by atoms with E-state index in [0.717, 1.165) is 23.4 Å². The molecule has 0 bridgehead atoms. The van der Waals surface area contributed by atoms with Crippen LogP contribution in [0.5, 0.6) is 0 Å². The highest BCUT2D eigenvalue weighted by Crippen LogP contribution is 2.19. The molecule has 5 nitrogen and oxygen atoms in total. The third-order valence-corrected chi connectivity index (χ3v) is 3.87. The number of benzene rings is 1. The van der Waals surface area contributed by atoms with Crippen LogP contribution in [0, 0.1) is 25.2 Å². The Kier molecular flexibility index (Phi) is 4.62. The normalized spacial score (nSPS) is 10.3. The van der Waals surface area contributed by atoms with E-state index in [1.54, 1.807) is 12.1 Å². The molecule has 0 radical (unpaired) electrons. The average Bonchev–Trinajstić information content (AvgIpc) is 2.79. The zero-order valence-corrected chi connectivity index (χ0v) is 13.3. The van der Waals surface area contributed by atoms with Gasteiger partial charge < -0.3 is 4.74 Å². The van der Waals surface area contributed by atoms with E-state index in [0.29, 0.717) is 17.7 Å². The largest absolute Gasteiger partial charge is 0.465 e. The van der Waals surface area contributed by atoms with Crippen molar-refractivity contribution < 1.29 is 9.53 Å². The number of carbonyl (C=O) groups is 1. The lowest BCUT2D eigenvalue weighted by atomic mass is 10.0. The number of methoxy groups -OCH3 is 1. The number of nitriles is 1. The van der Waals surface area contributed by atoms with Crippen LogP contribution in [0.1, 0.15) is 45.4 Å². The van der Waals surface area contributed by atoms with Gasteiger partial charge in [0.2, 0.25) is 0 Å². The van der Waals surface area contributed by atoms with Crippen molar-refractivity contribution in [1.29, 1.82) is 5.26 Å². The molecule has 2 rings (SSSR count). The van der Waals surface area contributed by atoms with Crippen molar-refractivity contribution in [2.45, 2.75) is 33.7 Å². The topological polar surface area (TPSA) is 67.9 Å². The number of ether oxygens (including phenoxy) is 1. The molecule has 0 saturated carbocycles. The molecule has 1 heterocycles. The summed E-state index contributed by atoms with van der Waals surface area (Å²) in [6.07, 6.45) is 0.922. The first-order valence-electron chi connectivity index (χ1n) is 7.16. The molecule has 0 atom stereocenters. The highest BCUT2D eigenvalue weighted by Gasteiger charge is 2.17. The fourth-order valence-corrected chi connectivity index (χ4v) is 2.70. The Morgan fingerprint density at radius 1 is 1.41 bits per heavy atom. The summed E-state index contributed by atoms with van der Waals surface area (Å²) in [5, 5.41) is 13.9. The third kappa shape index (κ3) is 2.73. The monoisotopic (exact) mass is 297 g/mol. The van der Waals surface area contributed by atoms with Crippen molar-refractivity contribution in [1.82, 2.24) is 9.78 Å². The van der Waals surface area contributed by atoms with Gasteiger partial charge in [0.05, 0.1) is 30.5 Å². The van der Waals surface area contributed by atoms with Gasteiger partial charge >= 0.3 is 5.97 Å². The lowest BCUT2D eigenvalue weighted by Crippen LogP contribution is -2.10. The fourth-order valence-electron chi connectivity index (χ4n) is 2.70. The predicted molar refractivity (Wildman–Crippen MR) is 82.7 cm³/mol. The highest BCUT2D eigenvalue weighted by atomic mass is 16.5. The molecule has 0 unspecified atom stereocenters. The lowest BCUT2D eigenvalue weighted by molar-refractivity contribution is 0.0600. The van der Waals surface area contributed by atoms with Crippen LogP contribution >= 0.6 is 0 Å². The van der Waals surface area contributed by atoms with Gasteiger partial charge in [0.1, 0.15) is 6.07 Å². The Morgan fingerprint density at radius 3 is 2.68 bits per heavy atom. The Hall–Kier alpha value is -2.61. The summed E-state index contributed by atoms with van der Waals surface area (Å²) >= 11 is 0. The maximum atomic E-state index is 11.8. The van der Waals surface area contributed by atoms with Crippen LogP contribution in [-0.2, 0) is 17.7 Å². The van der Waals surface area contributed by atoms with E-state index in [1.807, 2.05) is 24.6 Å². The minimum absolute atomic E-state index is 0.291. The molecule has 0 aliphatic rings. The molecule has 1 aromatic carbocycles. The number of esters is 1. The van der Waals surface area contributed by atoms with Crippen LogP contribution in [0.15, 0.2) is 18.2 Å². The number of hydrogen-bond donors (Lipinski definition) is 0.